The molecule has 0 aliphatic rings. The monoisotopic (exact) mass is 338 g/mol. The Balaban J connectivity index is 0.00000264. The first-order valence-corrected chi connectivity index (χ1v) is 7.35. The summed E-state index contributed by atoms with van der Waals surface area (Å²) in [6.45, 7) is 6.24. The van der Waals surface area contributed by atoms with Crippen molar-refractivity contribution < 1.29 is 9.53 Å². The lowest BCUT2D eigenvalue weighted by molar-refractivity contribution is 0.0948. The van der Waals surface area contributed by atoms with Gasteiger partial charge in [-0.3, -0.25) is 4.79 Å². The van der Waals surface area contributed by atoms with Crippen molar-refractivity contribution in [2.45, 2.75) is 13.8 Å². The Morgan fingerprint density at radius 1 is 1.30 bits per heavy atom. The van der Waals surface area contributed by atoms with E-state index < -0.39 is 0 Å². The quantitative estimate of drug-likeness (QED) is 0.757. The number of benzene rings is 1. The number of methoxy groups -OCH3 is 1. The van der Waals surface area contributed by atoms with Gasteiger partial charge in [0.25, 0.3) is 5.91 Å². The third-order valence-corrected chi connectivity index (χ3v) is 3.24. The fourth-order valence-electron chi connectivity index (χ4n) is 2.09. The number of aryl methyl sites for hydroxylation is 1. The molecule has 0 fully saturated rings. The van der Waals surface area contributed by atoms with Gasteiger partial charge in [-0.15, -0.1) is 12.4 Å². The molecule has 0 radical (unpaired) electrons. The number of nitrogens with one attached hydrogen (secondary N) is 2. The van der Waals surface area contributed by atoms with Gasteiger partial charge in [0.05, 0.1) is 7.11 Å². The number of likely N-dealkylation sites (N-methyl/N-ethyl adjacent to an activating group) is 1. The minimum absolute atomic E-state index is 0. The molecule has 1 heterocycles. The number of amides is 1. The van der Waals surface area contributed by atoms with Crippen molar-refractivity contribution in [3.05, 3.63) is 41.7 Å². The lowest BCUT2D eigenvalue weighted by atomic mass is 10.2. The summed E-state index contributed by atoms with van der Waals surface area (Å²) < 4.78 is 7.00. The van der Waals surface area contributed by atoms with Crippen LogP contribution in [-0.2, 0) is 0 Å². The van der Waals surface area contributed by atoms with Crippen LogP contribution < -0.4 is 15.4 Å². The summed E-state index contributed by atoms with van der Waals surface area (Å²) >= 11 is 0. The van der Waals surface area contributed by atoms with Gasteiger partial charge in [-0.2, -0.15) is 5.10 Å². The van der Waals surface area contributed by atoms with Crippen molar-refractivity contribution in [3.8, 4) is 11.4 Å². The van der Waals surface area contributed by atoms with E-state index in [1.165, 1.54) is 0 Å². The number of carbonyl (C=O) groups is 1. The second-order valence-electron chi connectivity index (χ2n) is 4.93. The van der Waals surface area contributed by atoms with Crippen molar-refractivity contribution in [2.75, 3.05) is 26.7 Å². The Hall–Kier alpha value is -2.05. The molecule has 126 valence electrons. The molecule has 0 unspecified atom stereocenters. The maximum atomic E-state index is 12.0. The summed E-state index contributed by atoms with van der Waals surface area (Å²) in [5.41, 5.74) is 2.30. The van der Waals surface area contributed by atoms with Crippen molar-refractivity contribution in [1.29, 1.82) is 0 Å². The molecule has 1 amide bonds. The average Bonchev–Trinajstić information content (AvgIpc) is 3.01. The lowest BCUT2D eigenvalue weighted by Gasteiger charge is -2.09. The summed E-state index contributed by atoms with van der Waals surface area (Å²) in [6, 6.07) is 7.53. The van der Waals surface area contributed by atoms with Crippen LogP contribution >= 0.6 is 12.4 Å². The maximum absolute atomic E-state index is 12.0. The predicted octanol–water partition coefficient (Wildman–Crippen LogP) is 1.95. The molecule has 0 bridgehead atoms. The highest BCUT2D eigenvalue weighted by Crippen LogP contribution is 2.23. The largest absolute Gasteiger partial charge is 0.494 e. The Bertz CT molecular complexity index is 643. The molecule has 0 atom stereocenters. The molecule has 2 aromatic rings. The number of aromatic nitrogens is 2. The molecule has 1 aromatic heterocycles. The second-order valence-corrected chi connectivity index (χ2v) is 4.93. The molecular weight excluding hydrogens is 316 g/mol. The van der Waals surface area contributed by atoms with Crippen LogP contribution in [0.1, 0.15) is 23.0 Å². The maximum Gasteiger partial charge on any atom is 0.271 e. The van der Waals surface area contributed by atoms with Gasteiger partial charge in [0.15, 0.2) is 5.69 Å². The average molecular weight is 339 g/mol. The summed E-state index contributed by atoms with van der Waals surface area (Å²) in [5.74, 6) is 0.538. The number of carbonyl (C=O) groups excluding carboxylic acids is 1. The van der Waals surface area contributed by atoms with E-state index in [-0.39, 0.29) is 18.3 Å². The highest BCUT2D eigenvalue weighted by atomic mass is 35.5. The predicted molar refractivity (Wildman–Crippen MR) is 93.0 cm³/mol. The van der Waals surface area contributed by atoms with Crippen LogP contribution in [0.5, 0.6) is 5.75 Å². The molecule has 7 heteroatoms. The number of hydrogen-bond acceptors (Lipinski definition) is 4. The van der Waals surface area contributed by atoms with Crippen LogP contribution in [-0.4, -0.2) is 42.4 Å². The second kappa shape index (κ2) is 9.17. The summed E-state index contributed by atoms with van der Waals surface area (Å²) in [4.78, 5) is 12.0. The zero-order valence-electron chi connectivity index (χ0n) is 13.6. The molecule has 2 rings (SSSR count). The van der Waals surface area contributed by atoms with Crippen molar-refractivity contribution in [1.82, 2.24) is 20.4 Å². The van der Waals surface area contributed by atoms with E-state index in [0.29, 0.717) is 18.0 Å². The van der Waals surface area contributed by atoms with Gasteiger partial charge in [-0.05, 0) is 37.2 Å². The Labute approximate surface area is 142 Å². The van der Waals surface area contributed by atoms with E-state index in [9.17, 15) is 4.79 Å². The topological polar surface area (TPSA) is 68.2 Å². The van der Waals surface area contributed by atoms with Crippen LogP contribution in [0.2, 0.25) is 0 Å². The van der Waals surface area contributed by atoms with Gasteiger partial charge in [-0.1, -0.05) is 13.0 Å². The molecule has 0 aliphatic heterocycles. The van der Waals surface area contributed by atoms with Gasteiger partial charge in [0.2, 0.25) is 0 Å². The highest BCUT2D eigenvalue weighted by molar-refractivity contribution is 5.92. The SMILES string of the molecule is CCNCCNC(=O)c1ccn(-c2cc(C)ccc2OC)n1.Cl. The molecule has 23 heavy (non-hydrogen) atoms. The van der Waals surface area contributed by atoms with Crippen LogP contribution in [0.3, 0.4) is 0 Å². The Morgan fingerprint density at radius 2 is 2.09 bits per heavy atom. The first-order chi connectivity index (χ1) is 10.7. The zero-order chi connectivity index (χ0) is 15.9. The van der Waals surface area contributed by atoms with Crippen LogP contribution in [0.25, 0.3) is 5.69 Å². The Morgan fingerprint density at radius 3 is 2.78 bits per heavy atom. The minimum atomic E-state index is -0.178. The molecule has 1 aromatic carbocycles. The third-order valence-electron chi connectivity index (χ3n) is 3.24. The molecule has 2 N–H and O–H groups in total. The van der Waals surface area contributed by atoms with Gasteiger partial charge < -0.3 is 15.4 Å². The first-order valence-electron chi connectivity index (χ1n) is 7.35. The van der Waals surface area contributed by atoms with Gasteiger partial charge in [0, 0.05) is 19.3 Å². The van der Waals surface area contributed by atoms with E-state index in [2.05, 4.69) is 15.7 Å². The molecule has 0 saturated carbocycles. The number of nitrogens with zero attached hydrogens (tertiary/aromatic N) is 2. The van der Waals surface area contributed by atoms with Gasteiger partial charge in [-0.25, -0.2) is 4.68 Å². The summed E-state index contributed by atoms with van der Waals surface area (Å²) in [6.07, 6.45) is 1.76. The zero-order valence-corrected chi connectivity index (χ0v) is 14.4. The molecule has 0 saturated heterocycles. The van der Waals surface area contributed by atoms with E-state index in [0.717, 1.165) is 24.3 Å². The van der Waals surface area contributed by atoms with Gasteiger partial charge in [0.1, 0.15) is 11.4 Å². The van der Waals surface area contributed by atoms with Crippen molar-refractivity contribution in [2.24, 2.45) is 0 Å². The van der Waals surface area contributed by atoms with Crippen LogP contribution in [0, 0.1) is 6.92 Å². The number of ether oxygens (including phenoxy) is 1. The number of halogens is 1. The third kappa shape index (κ3) is 4.97. The molecule has 0 spiro atoms. The smallest absolute Gasteiger partial charge is 0.271 e. The lowest BCUT2D eigenvalue weighted by Crippen LogP contribution is -2.32. The molecule has 0 aliphatic carbocycles. The van der Waals surface area contributed by atoms with Gasteiger partial charge >= 0.3 is 0 Å². The molecular formula is C16H23ClN4O2. The minimum Gasteiger partial charge on any atom is -0.494 e. The normalized spacial score (nSPS) is 10.0. The van der Waals surface area contributed by atoms with Crippen molar-refractivity contribution in [3.63, 3.8) is 0 Å². The number of hydrogen-bond donors (Lipinski definition) is 2. The fraction of sp³-hybridized carbons (Fsp3) is 0.375. The van der Waals surface area contributed by atoms with E-state index in [1.54, 1.807) is 24.1 Å². The van der Waals surface area contributed by atoms with Crippen LogP contribution in [0.15, 0.2) is 30.5 Å². The van der Waals surface area contributed by atoms with E-state index in [4.69, 9.17) is 4.74 Å². The first kappa shape index (κ1) is 19.0. The fourth-order valence-corrected chi connectivity index (χ4v) is 2.09. The van der Waals surface area contributed by atoms with Crippen molar-refractivity contribution >= 4 is 18.3 Å². The highest BCUT2D eigenvalue weighted by Gasteiger charge is 2.12. The van der Waals surface area contributed by atoms with E-state index >= 15 is 0 Å². The van der Waals surface area contributed by atoms with Crippen LogP contribution in [0.4, 0.5) is 0 Å². The standard InChI is InChI=1S/C16H22N4O2.ClH/c1-4-17-8-9-18-16(21)13-7-10-20(19-13)14-11-12(2)5-6-15(14)22-3;/h5-7,10-11,17H,4,8-9H2,1-3H3,(H,18,21);1H. The summed E-state index contributed by atoms with van der Waals surface area (Å²) in [5, 5.41) is 10.3. The number of rotatable bonds is 7. The van der Waals surface area contributed by atoms with E-state index in [1.807, 2.05) is 32.0 Å². The summed E-state index contributed by atoms with van der Waals surface area (Å²) in [7, 11) is 1.62. The Kier molecular flexibility index (Phi) is 7.57. The molecule has 6 nitrogen and oxygen atoms in total.